The van der Waals surface area contributed by atoms with Crippen molar-refractivity contribution >= 4 is 16.5 Å². The molecule has 0 saturated carbocycles. The molecule has 1 heterocycles. The van der Waals surface area contributed by atoms with E-state index in [1.54, 1.807) is 11.3 Å². The third kappa shape index (κ3) is 5.31. The van der Waals surface area contributed by atoms with Crippen molar-refractivity contribution in [1.82, 2.24) is 15.1 Å². The normalized spacial score (nSPS) is 13.3. The van der Waals surface area contributed by atoms with Gasteiger partial charge in [0.1, 0.15) is 5.01 Å². The van der Waals surface area contributed by atoms with Crippen LogP contribution in [0.1, 0.15) is 45.5 Å². The molecule has 0 radical (unpaired) electrons. The molecule has 1 aromatic rings. The molecule has 104 valence electrons. The van der Waals surface area contributed by atoms with Gasteiger partial charge in [-0.15, -0.1) is 10.2 Å². The summed E-state index contributed by atoms with van der Waals surface area (Å²) in [5.74, 6) is 0.735. The highest BCUT2D eigenvalue weighted by Crippen LogP contribution is 2.18. The minimum absolute atomic E-state index is 0.584. The van der Waals surface area contributed by atoms with Gasteiger partial charge in [-0.3, -0.25) is 4.90 Å². The summed E-state index contributed by atoms with van der Waals surface area (Å²) in [6.07, 6.45) is 2.33. The van der Waals surface area contributed by atoms with Crippen molar-refractivity contribution in [2.75, 3.05) is 18.9 Å². The number of anilines is 1. The molecule has 0 spiro atoms. The van der Waals surface area contributed by atoms with Gasteiger partial charge in [-0.1, -0.05) is 32.1 Å². The first-order chi connectivity index (χ1) is 8.52. The molecule has 0 saturated heterocycles. The minimum atomic E-state index is 0.584. The monoisotopic (exact) mass is 270 g/mol. The second kappa shape index (κ2) is 7.69. The fourth-order valence-electron chi connectivity index (χ4n) is 1.85. The van der Waals surface area contributed by atoms with Crippen LogP contribution in [0, 0.1) is 5.92 Å². The van der Waals surface area contributed by atoms with E-state index in [9.17, 15) is 0 Å². The van der Waals surface area contributed by atoms with Crippen molar-refractivity contribution in [3.8, 4) is 0 Å². The zero-order valence-corrected chi connectivity index (χ0v) is 13.0. The largest absolute Gasteiger partial charge is 0.360 e. The molecule has 0 fully saturated rings. The van der Waals surface area contributed by atoms with E-state index < -0.39 is 0 Å². The third-order valence-electron chi connectivity index (χ3n) is 2.94. The second-order valence-corrected chi connectivity index (χ2v) is 6.38. The Bertz CT molecular complexity index is 337. The van der Waals surface area contributed by atoms with Crippen molar-refractivity contribution in [1.29, 1.82) is 0 Å². The smallest absolute Gasteiger partial charge is 0.205 e. The van der Waals surface area contributed by atoms with Crippen LogP contribution in [0.5, 0.6) is 0 Å². The third-order valence-corrected chi connectivity index (χ3v) is 3.81. The van der Waals surface area contributed by atoms with E-state index in [0.717, 1.165) is 35.6 Å². The van der Waals surface area contributed by atoms with Crippen molar-refractivity contribution in [2.24, 2.45) is 5.92 Å². The lowest BCUT2D eigenvalue weighted by Crippen LogP contribution is -2.29. The van der Waals surface area contributed by atoms with Crippen molar-refractivity contribution in [2.45, 2.75) is 53.1 Å². The van der Waals surface area contributed by atoms with E-state index >= 15 is 0 Å². The number of hydrogen-bond donors (Lipinski definition) is 1. The van der Waals surface area contributed by atoms with Crippen LogP contribution in [0.2, 0.25) is 0 Å². The first-order valence-corrected chi connectivity index (χ1v) is 7.61. The maximum absolute atomic E-state index is 4.23. The molecule has 1 atom stereocenters. The van der Waals surface area contributed by atoms with Crippen LogP contribution >= 0.6 is 11.3 Å². The van der Waals surface area contributed by atoms with Crippen LogP contribution in [0.3, 0.4) is 0 Å². The Kier molecular flexibility index (Phi) is 6.57. The van der Waals surface area contributed by atoms with Gasteiger partial charge in [0.2, 0.25) is 5.13 Å². The van der Waals surface area contributed by atoms with Crippen LogP contribution in [0.25, 0.3) is 0 Å². The summed E-state index contributed by atoms with van der Waals surface area (Å²) in [5.41, 5.74) is 0. The summed E-state index contributed by atoms with van der Waals surface area (Å²) in [5, 5.41) is 13.7. The first-order valence-electron chi connectivity index (χ1n) is 6.79. The van der Waals surface area contributed by atoms with Crippen molar-refractivity contribution in [3.63, 3.8) is 0 Å². The Labute approximate surface area is 115 Å². The maximum Gasteiger partial charge on any atom is 0.205 e. The summed E-state index contributed by atoms with van der Waals surface area (Å²) in [4.78, 5) is 2.35. The fourth-order valence-corrected chi connectivity index (χ4v) is 2.68. The zero-order chi connectivity index (χ0) is 13.5. The van der Waals surface area contributed by atoms with E-state index in [-0.39, 0.29) is 0 Å². The van der Waals surface area contributed by atoms with E-state index in [1.807, 2.05) is 0 Å². The van der Waals surface area contributed by atoms with Gasteiger partial charge in [0.25, 0.3) is 0 Å². The lowest BCUT2D eigenvalue weighted by molar-refractivity contribution is 0.220. The first kappa shape index (κ1) is 15.4. The van der Waals surface area contributed by atoms with Crippen LogP contribution in [0.15, 0.2) is 0 Å². The van der Waals surface area contributed by atoms with Gasteiger partial charge in [0, 0.05) is 12.6 Å². The Morgan fingerprint density at radius 1 is 1.28 bits per heavy atom. The molecule has 18 heavy (non-hydrogen) atoms. The minimum Gasteiger partial charge on any atom is -0.360 e. The Balaban J connectivity index is 2.43. The summed E-state index contributed by atoms with van der Waals surface area (Å²) in [6, 6.07) is 0.584. The number of rotatable bonds is 8. The molecule has 1 aromatic heterocycles. The molecular formula is C13H26N4S. The van der Waals surface area contributed by atoms with E-state index in [2.05, 4.69) is 55.2 Å². The quantitative estimate of drug-likeness (QED) is 0.787. The Morgan fingerprint density at radius 3 is 2.61 bits per heavy atom. The lowest BCUT2D eigenvalue weighted by atomic mass is 10.0. The maximum atomic E-state index is 4.23. The molecule has 0 aliphatic rings. The van der Waals surface area contributed by atoms with Gasteiger partial charge in [-0.25, -0.2) is 0 Å². The highest BCUT2D eigenvalue weighted by Gasteiger charge is 2.13. The molecular weight excluding hydrogens is 244 g/mol. The summed E-state index contributed by atoms with van der Waals surface area (Å²) in [6.45, 7) is 10.8. The average molecular weight is 270 g/mol. The zero-order valence-electron chi connectivity index (χ0n) is 12.2. The van der Waals surface area contributed by atoms with Gasteiger partial charge < -0.3 is 5.32 Å². The van der Waals surface area contributed by atoms with Gasteiger partial charge in [0.15, 0.2) is 0 Å². The average Bonchev–Trinajstić information content (AvgIpc) is 2.73. The molecule has 1 rings (SSSR count). The fraction of sp³-hybridized carbons (Fsp3) is 0.846. The lowest BCUT2D eigenvalue weighted by Gasteiger charge is -2.24. The van der Waals surface area contributed by atoms with Crippen molar-refractivity contribution in [3.05, 3.63) is 5.01 Å². The number of nitrogens with zero attached hydrogens (tertiary/aromatic N) is 3. The van der Waals surface area contributed by atoms with Gasteiger partial charge >= 0.3 is 0 Å². The standard InChI is InChI=1S/C13H26N4S/c1-6-7-14-13-16-15-12(18-13)9-17(5)11(4)8-10(2)3/h10-11H,6-9H2,1-5H3,(H,14,16). The van der Waals surface area contributed by atoms with E-state index in [4.69, 9.17) is 0 Å². The topological polar surface area (TPSA) is 41.1 Å². The molecule has 0 bridgehead atoms. The molecule has 1 N–H and O–H groups in total. The molecule has 4 nitrogen and oxygen atoms in total. The number of hydrogen-bond acceptors (Lipinski definition) is 5. The number of aromatic nitrogens is 2. The molecule has 0 amide bonds. The van der Waals surface area contributed by atoms with E-state index in [1.165, 1.54) is 6.42 Å². The summed E-state index contributed by atoms with van der Waals surface area (Å²) >= 11 is 1.66. The Hall–Kier alpha value is -0.680. The summed E-state index contributed by atoms with van der Waals surface area (Å²) < 4.78 is 0. The number of nitrogens with one attached hydrogen (secondary N) is 1. The Morgan fingerprint density at radius 2 is 2.00 bits per heavy atom. The molecule has 0 aliphatic heterocycles. The van der Waals surface area contributed by atoms with Crippen LogP contribution in [-0.2, 0) is 6.54 Å². The summed E-state index contributed by atoms with van der Waals surface area (Å²) in [7, 11) is 2.16. The van der Waals surface area contributed by atoms with Gasteiger partial charge in [-0.05, 0) is 32.7 Å². The van der Waals surface area contributed by atoms with Gasteiger partial charge in [-0.2, -0.15) is 0 Å². The molecule has 1 unspecified atom stereocenters. The molecule has 0 aliphatic carbocycles. The SMILES string of the molecule is CCCNc1nnc(CN(C)C(C)CC(C)C)s1. The van der Waals surface area contributed by atoms with Crippen molar-refractivity contribution < 1.29 is 0 Å². The van der Waals surface area contributed by atoms with Crippen LogP contribution < -0.4 is 5.32 Å². The van der Waals surface area contributed by atoms with Gasteiger partial charge in [0.05, 0.1) is 6.54 Å². The van der Waals surface area contributed by atoms with Crippen LogP contribution in [0.4, 0.5) is 5.13 Å². The molecule has 0 aromatic carbocycles. The predicted molar refractivity (Wildman–Crippen MR) is 79.1 cm³/mol. The highest BCUT2D eigenvalue weighted by atomic mass is 32.1. The van der Waals surface area contributed by atoms with Crippen LogP contribution in [-0.4, -0.2) is 34.7 Å². The predicted octanol–water partition coefficient (Wildman–Crippen LogP) is 3.23. The highest BCUT2D eigenvalue weighted by molar-refractivity contribution is 7.15. The molecule has 5 heteroatoms. The second-order valence-electron chi connectivity index (χ2n) is 5.32. The van der Waals surface area contributed by atoms with E-state index in [0.29, 0.717) is 6.04 Å².